The Morgan fingerprint density at radius 3 is 2.50 bits per heavy atom. The maximum atomic E-state index is 4.80. The molecular weight excluding hydrogens is 196 g/mol. The summed E-state index contributed by atoms with van der Waals surface area (Å²) in [5.41, 5.74) is 2.53. The summed E-state index contributed by atoms with van der Waals surface area (Å²) in [4.78, 5) is 4.80. The summed E-state index contributed by atoms with van der Waals surface area (Å²) in [6.45, 7) is 6.77. The normalized spacial score (nSPS) is 16.9. The van der Waals surface area contributed by atoms with Crippen LogP contribution in [0.5, 0.6) is 0 Å². The number of nitrogens with zero attached hydrogens (tertiary/aromatic N) is 2. The molecule has 1 aliphatic rings. The number of rotatable bonds is 1. The molecule has 2 aromatic rings. The fourth-order valence-corrected chi connectivity index (χ4v) is 2.37. The number of hydrogen-bond acceptors (Lipinski definition) is 1. The van der Waals surface area contributed by atoms with E-state index in [1.165, 1.54) is 24.2 Å². The highest BCUT2D eigenvalue weighted by atomic mass is 15.1. The second-order valence-corrected chi connectivity index (χ2v) is 5.74. The van der Waals surface area contributed by atoms with Crippen LogP contribution in [0.2, 0.25) is 0 Å². The van der Waals surface area contributed by atoms with Crippen LogP contribution in [0.4, 0.5) is 0 Å². The number of fused-ring (bicyclic) bond motifs is 1. The molecule has 0 bridgehead atoms. The van der Waals surface area contributed by atoms with E-state index in [-0.39, 0.29) is 5.54 Å². The Balaban J connectivity index is 2.31. The summed E-state index contributed by atoms with van der Waals surface area (Å²) in [5, 5.41) is 0. The number of para-hydroxylation sites is 2. The van der Waals surface area contributed by atoms with Crippen LogP contribution in [0.25, 0.3) is 11.0 Å². The lowest BCUT2D eigenvalue weighted by atomic mass is 10.1. The number of benzene rings is 1. The van der Waals surface area contributed by atoms with Gasteiger partial charge in [0.25, 0.3) is 0 Å². The third-order valence-electron chi connectivity index (χ3n) is 3.20. The summed E-state index contributed by atoms with van der Waals surface area (Å²) in [6, 6.07) is 8.46. The van der Waals surface area contributed by atoms with Crippen molar-refractivity contribution in [3.63, 3.8) is 0 Å². The second-order valence-electron chi connectivity index (χ2n) is 5.74. The van der Waals surface area contributed by atoms with Crippen molar-refractivity contribution in [2.75, 3.05) is 0 Å². The molecule has 1 saturated carbocycles. The highest BCUT2D eigenvalue weighted by Crippen LogP contribution is 2.42. The van der Waals surface area contributed by atoms with Crippen molar-refractivity contribution in [1.82, 2.24) is 9.55 Å². The SMILES string of the molecule is CC(C)(C)n1c(C2CC2)nc2ccccc21. The van der Waals surface area contributed by atoms with Crippen molar-refractivity contribution < 1.29 is 0 Å². The van der Waals surface area contributed by atoms with E-state index in [9.17, 15) is 0 Å². The van der Waals surface area contributed by atoms with Gasteiger partial charge in [-0.15, -0.1) is 0 Å². The molecule has 0 atom stereocenters. The van der Waals surface area contributed by atoms with Crippen LogP contribution in [-0.4, -0.2) is 9.55 Å². The van der Waals surface area contributed by atoms with E-state index in [0.29, 0.717) is 5.92 Å². The van der Waals surface area contributed by atoms with Crippen molar-refractivity contribution in [1.29, 1.82) is 0 Å². The van der Waals surface area contributed by atoms with Crippen LogP contribution in [0, 0.1) is 0 Å². The van der Waals surface area contributed by atoms with Gasteiger partial charge in [0.05, 0.1) is 11.0 Å². The predicted molar refractivity (Wildman–Crippen MR) is 66.7 cm³/mol. The zero-order chi connectivity index (χ0) is 11.3. The Labute approximate surface area is 96.3 Å². The van der Waals surface area contributed by atoms with E-state index < -0.39 is 0 Å². The first kappa shape index (κ1) is 9.88. The first-order valence-electron chi connectivity index (χ1n) is 6.05. The van der Waals surface area contributed by atoms with Gasteiger partial charge in [0.2, 0.25) is 0 Å². The summed E-state index contributed by atoms with van der Waals surface area (Å²) in [5.74, 6) is 1.99. The fraction of sp³-hybridized carbons (Fsp3) is 0.500. The Hall–Kier alpha value is -1.31. The molecule has 0 amide bonds. The molecule has 1 aliphatic carbocycles. The zero-order valence-corrected chi connectivity index (χ0v) is 10.2. The van der Waals surface area contributed by atoms with Crippen molar-refractivity contribution in [3.8, 4) is 0 Å². The quantitative estimate of drug-likeness (QED) is 0.708. The van der Waals surface area contributed by atoms with Crippen molar-refractivity contribution >= 4 is 11.0 Å². The lowest BCUT2D eigenvalue weighted by molar-refractivity contribution is 0.394. The fourth-order valence-electron chi connectivity index (χ4n) is 2.37. The molecule has 0 aliphatic heterocycles. The van der Waals surface area contributed by atoms with E-state index in [0.717, 1.165) is 5.52 Å². The maximum absolute atomic E-state index is 4.80. The first-order chi connectivity index (χ1) is 7.57. The van der Waals surface area contributed by atoms with E-state index >= 15 is 0 Å². The monoisotopic (exact) mass is 214 g/mol. The average molecular weight is 214 g/mol. The molecule has 1 heterocycles. The molecule has 2 nitrogen and oxygen atoms in total. The molecule has 0 spiro atoms. The summed E-state index contributed by atoms with van der Waals surface area (Å²) < 4.78 is 2.42. The van der Waals surface area contributed by atoms with Crippen LogP contribution in [-0.2, 0) is 5.54 Å². The summed E-state index contributed by atoms with van der Waals surface area (Å²) in [7, 11) is 0. The largest absolute Gasteiger partial charge is 0.322 e. The molecule has 2 heteroatoms. The van der Waals surface area contributed by atoms with Crippen molar-refractivity contribution in [3.05, 3.63) is 30.1 Å². The van der Waals surface area contributed by atoms with E-state index in [2.05, 4.69) is 49.6 Å². The van der Waals surface area contributed by atoms with E-state index in [1.807, 2.05) is 0 Å². The first-order valence-corrected chi connectivity index (χ1v) is 6.05. The van der Waals surface area contributed by atoms with Crippen LogP contribution in [0.1, 0.15) is 45.4 Å². The number of aromatic nitrogens is 2. The Bertz CT molecular complexity index is 527. The molecule has 0 N–H and O–H groups in total. The summed E-state index contributed by atoms with van der Waals surface area (Å²) >= 11 is 0. The second kappa shape index (κ2) is 3.09. The van der Waals surface area contributed by atoms with E-state index in [4.69, 9.17) is 4.98 Å². The topological polar surface area (TPSA) is 17.8 Å². The molecule has 16 heavy (non-hydrogen) atoms. The van der Waals surface area contributed by atoms with Gasteiger partial charge in [0.15, 0.2) is 0 Å². The molecule has 0 saturated heterocycles. The van der Waals surface area contributed by atoms with Crippen LogP contribution < -0.4 is 0 Å². The van der Waals surface area contributed by atoms with Crippen LogP contribution >= 0.6 is 0 Å². The standard InChI is InChI=1S/C14H18N2/c1-14(2,3)16-12-7-5-4-6-11(12)15-13(16)10-8-9-10/h4-7,10H,8-9H2,1-3H3. The molecule has 84 valence electrons. The summed E-state index contributed by atoms with van der Waals surface area (Å²) in [6.07, 6.45) is 2.61. The minimum absolute atomic E-state index is 0.119. The zero-order valence-electron chi connectivity index (χ0n) is 10.2. The Morgan fingerprint density at radius 1 is 1.19 bits per heavy atom. The number of hydrogen-bond donors (Lipinski definition) is 0. The van der Waals surface area contributed by atoms with Gasteiger partial charge < -0.3 is 4.57 Å². The van der Waals surface area contributed by atoms with Gasteiger partial charge in [0.1, 0.15) is 5.82 Å². The van der Waals surface area contributed by atoms with Gasteiger partial charge in [-0.3, -0.25) is 0 Å². The minimum Gasteiger partial charge on any atom is -0.322 e. The Morgan fingerprint density at radius 2 is 1.88 bits per heavy atom. The highest BCUT2D eigenvalue weighted by Gasteiger charge is 2.32. The molecular formula is C14H18N2. The molecule has 0 radical (unpaired) electrons. The van der Waals surface area contributed by atoms with Gasteiger partial charge >= 0.3 is 0 Å². The van der Waals surface area contributed by atoms with Gasteiger partial charge in [-0.25, -0.2) is 4.98 Å². The van der Waals surface area contributed by atoms with Crippen LogP contribution in [0.3, 0.4) is 0 Å². The lowest BCUT2D eigenvalue weighted by Crippen LogP contribution is -2.23. The minimum atomic E-state index is 0.119. The molecule has 0 unspecified atom stereocenters. The predicted octanol–water partition coefficient (Wildman–Crippen LogP) is 3.67. The van der Waals surface area contributed by atoms with Gasteiger partial charge in [0, 0.05) is 11.5 Å². The molecule has 1 fully saturated rings. The smallest absolute Gasteiger partial charge is 0.113 e. The van der Waals surface area contributed by atoms with Gasteiger partial charge in [-0.05, 0) is 45.7 Å². The molecule has 3 rings (SSSR count). The maximum Gasteiger partial charge on any atom is 0.113 e. The third kappa shape index (κ3) is 1.44. The Kier molecular flexibility index (Phi) is 1.91. The average Bonchev–Trinajstić information content (AvgIpc) is 2.96. The van der Waals surface area contributed by atoms with Crippen molar-refractivity contribution in [2.45, 2.75) is 45.1 Å². The number of imidazole rings is 1. The van der Waals surface area contributed by atoms with Gasteiger partial charge in [-0.1, -0.05) is 12.1 Å². The molecule has 1 aromatic heterocycles. The van der Waals surface area contributed by atoms with E-state index in [1.54, 1.807) is 0 Å². The van der Waals surface area contributed by atoms with Crippen LogP contribution in [0.15, 0.2) is 24.3 Å². The van der Waals surface area contributed by atoms with Crippen molar-refractivity contribution in [2.24, 2.45) is 0 Å². The van der Waals surface area contributed by atoms with Gasteiger partial charge in [-0.2, -0.15) is 0 Å². The lowest BCUT2D eigenvalue weighted by Gasteiger charge is -2.24. The molecule has 1 aromatic carbocycles. The highest BCUT2D eigenvalue weighted by molar-refractivity contribution is 5.76. The third-order valence-corrected chi connectivity index (χ3v) is 3.20.